The highest BCUT2D eigenvalue weighted by atomic mass is 16.5. The highest BCUT2D eigenvalue weighted by Crippen LogP contribution is 2.16. The second-order valence-corrected chi connectivity index (χ2v) is 8.61. The van der Waals surface area contributed by atoms with Crippen molar-refractivity contribution in [3.8, 4) is 11.5 Å². The summed E-state index contributed by atoms with van der Waals surface area (Å²) in [6, 6.07) is 10.7. The molecule has 1 aliphatic rings. The summed E-state index contributed by atoms with van der Waals surface area (Å²) < 4.78 is 5.40. The first-order chi connectivity index (χ1) is 19.0. The van der Waals surface area contributed by atoms with Crippen LogP contribution in [0.3, 0.4) is 0 Å². The molecule has 0 atom stereocenters. The van der Waals surface area contributed by atoms with E-state index in [9.17, 15) is 4.79 Å². The lowest BCUT2D eigenvalue weighted by Gasteiger charge is -2.26. The number of allylic oxidation sites excluding steroid dienone is 1. The first-order valence-corrected chi connectivity index (χ1v) is 12.6. The lowest BCUT2D eigenvalue weighted by Crippen LogP contribution is -2.44. The van der Waals surface area contributed by atoms with Gasteiger partial charge in [0.25, 0.3) is 0 Å². The molecule has 202 valence electrons. The quantitative estimate of drug-likeness (QED) is 0.216. The van der Waals surface area contributed by atoms with Gasteiger partial charge in [0.1, 0.15) is 29.8 Å². The van der Waals surface area contributed by atoms with Crippen LogP contribution in [0.25, 0.3) is 11.5 Å². The Bertz CT molecular complexity index is 1330. The van der Waals surface area contributed by atoms with E-state index >= 15 is 0 Å². The van der Waals surface area contributed by atoms with Crippen LogP contribution in [0.4, 0.5) is 11.6 Å². The molecule has 3 aromatic heterocycles. The Balaban J connectivity index is 1.34. The summed E-state index contributed by atoms with van der Waals surface area (Å²) in [6.07, 6.45) is 4.87. The van der Waals surface area contributed by atoms with Gasteiger partial charge in [0, 0.05) is 50.8 Å². The highest BCUT2D eigenvalue weighted by molar-refractivity contribution is 5.97. The summed E-state index contributed by atoms with van der Waals surface area (Å²) >= 11 is 0. The van der Waals surface area contributed by atoms with Crippen LogP contribution in [0.15, 0.2) is 70.7 Å². The summed E-state index contributed by atoms with van der Waals surface area (Å²) in [5.41, 5.74) is 1.92. The molecule has 4 rings (SSSR count). The molecule has 1 saturated heterocycles. The summed E-state index contributed by atoms with van der Waals surface area (Å²) in [5, 5.41) is 9.45. The van der Waals surface area contributed by atoms with Crippen molar-refractivity contribution in [2.45, 2.75) is 13.8 Å². The van der Waals surface area contributed by atoms with Gasteiger partial charge < -0.3 is 20.7 Å². The zero-order chi connectivity index (χ0) is 27.5. The van der Waals surface area contributed by atoms with Gasteiger partial charge in [0.2, 0.25) is 5.96 Å². The fourth-order valence-electron chi connectivity index (χ4n) is 3.72. The fraction of sp³-hybridized carbons (Fsp3) is 0.296. The van der Waals surface area contributed by atoms with Crippen molar-refractivity contribution in [1.29, 1.82) is 0 Å². The molecular formula is C27H32N10O2. The second-order valence-electron chi connectivity index (χ2n) is 8.61. The number of carbonyl (C=O) groups excluding carboxylic acids is 1. The first-order valence-electron chi connectivity index (χ1n) is 12.6. The molecule has 1 fully saturated rings. The van der Waals surface area contributed by atoms with Crippen LogP contribution in [-0.4, -0.2) is 82.8 Å². The fourth-order valence-corrected chi connectivity index (χ4v) is 3.72. The van der Waals surface area contributed by atoms with Crippen LogP contribution in [0.5, 0.6) is 0 Å². The maximum absolute atomic E-state index is 12.4. The van der Waals surface area contributed by atoms with Gasteiger partial charge in [-0.15, -0.1) is 0 Å². The van der Waals surface area contributed by atoms with Crippen LogP contribution in [0, 0.1) is 6.92 Å². The van der Waals surface area contributed by atoms with Crippen molar-refractivity contribution < 1.29 is 9.53 Å². The number of nitrogens with zero attached hydrogens (tertiary/aromatic N) is 7. The number of hydrogen-bond acceptors (Lipinski definition) is 10. The molecule has 0 amide bonds. The highest BCUT2D eigenvalue weighted by Gasteiger charge is 2.12. The average molecular weight is 529 g/mol. The number of carbonyl (C=O) groups is 1. The van der Waals surface area contributed by atoms with Crippen molar-refractivity contribution in [3.05, 3.63) is 71.9 Å². The molecule has 3 N–H and O–H groups in total. The monoisotopic (exact) mass is 528 g/mol. The molecular weight excluding hydrogens is 496 g/mol. The zero-order valence-corrected chi connectivity index (χ0v) is 22.1. The van der Waals surface area contributed by atoms with Gasteiger partial charge in [-0.2, -0.15) is 4.99 Å². The number of aromatic nitrogens is 4. The zero-order valence-electron chi connectivity index (χ0n) is 22.1. The second kappa shape index (κ2) is 13.8. The number of hydrogen-bond donors (Lipinski definition) is 3. The summed E-state index contributed by atoms with van der Waals surface area (Å²) in [5.74, 6) is 1.77. The van der Waals surface area contributed by atoms with E-state index in [0.717, 1.165) is 31.9 Å². The van der Waals surface area contributed by atoms with Crippen LogP contribution in [0.2, 0.25) is 0 Å². The topological polar surface area (TPSA) is 142 Å². The number of anilines is 2. The van der Waals surface area contributed by atoms with E-state index in [-0.39, 0.29) is 5.96 Å². The minimum Gasteiger partial charge on any atom is -0.461 e. The molecule has 0 bridgehead atoms. The number of guanidine groups is 1. The van der Waals surface area contributed by atoms with E-state index in [2.05, 4.69) is 57.5 Å². The molecule has 1 aliphatic heterocycles. The Hall–Kier alpha value is -4.55. The Morgan fingerprint density at radius 3 is 2.69 bits per heavy atom. The standard InChI is InChI=1S/C27H32N10O2/c1-4-22(33-24-10-11-30-25(34-24)21-7-5-6-19(2)32-21)35-27(28-3)36-23-9-8-20(18-31-23)26(38)39-17-16-37-14-12-29-13-15-37/h4-11,18,29H,3,12-17H2,1-2H3,(H,30,33,34)(H,31,35,36)/b22-4-. The minimum atomic E-state index is -0.412. The normalized spacial score (nSPS) is 14.5. The maximum Gasteiger partial charge on any atom is 0.339 e. The van der Waals surface area contributed by atoms with Gasteiger partial charge in [-0.25, -0.2) is 29.7 Å². The smallest absolute Gasteiger partial charge is 0.339 e. The number of nitrogens with one attached hydrogen (secondary N) is 3. The van der Waals surface area contributed by atoms with Crippen LogP contribution in [-0.2, 0) is 4.74 Å². The van der Waals surface area contributed by atoms with E-state index < -0.39 is 5.97 Å². The first kappa shape index (κ1) is 27.5. The van der Waals surface area contributed by atoms with E-state index in [0.29, 0.717) is 47.7 Å². The molecule has 0 aromatic carbocycles. The predicted molar refractivity (Wildman–Crippen MR) is 152 cm³/mol. The predicted octanol–water partition coefficient (Wildman–Crippen LogP) is 2.75. The molecule has 0 saturated carbocycles. The van der Waals surface area contributed by atoms with Gasteiger partial charge in [-0.1, -0.05) is 6.07 Å². The lowest BCUT2D eigenvalue weighted by atomic mass is 10.3. The Morgan fingerprint density at radius 1 is 1.13 bits per heavy atom. The van der Waals surface area contributed by atoms with E-state index in [1.54, 1.807) is 30.5 Å². The number of piperazine rings is 1. The number of rotatable bonds is 9. The van der Waals surface area contributed by atoms with Crippen LogP contribution >= 0.6 is 0 Å². The summed E-state index contributed by atoms with van der Waals surface area (Å²) in [7, 11) is 0. The number of esters is 1. The Kier molecular flexibility index (Phi) is 9.75. The number of aryl methyl sites for hydroxylation is 1. The van der Waals surface area contributed by atoms with Crippen LogP contribution in [0.1, 0.15) is 23.0 Å². The summed E-state index contributed by atoms with van der Waals surface area (Å²) in [6.45, 7) is 12.2. The third kappa shape index (κ3) is 8.22. The number of aliphatic imine (C=N–C) groups is 2. The molecule has 3 aromatic rings. The van der Waals surface area contributed by atoms with Crippen molar-refractivity contribution in [1.82, 2.24) is 30.2 Å². The molecule has 12 nitrogen and oxygen atoms in total. The Morgan fingerprint density at radius 2 is 1.97 bits per heavy atom. The lowest BCUT2D eigenvalue weighted by molar-refractivity contribution is 0.0455. The van der Waals surface area contributed by atoms with E-state index in [1.165, 1.54) is 6.20 Å². The van der Waals surface area contributed by atoms with Crippen LogP contribution < -0.4 is 16.0 Å². The van der Waals surface area contributed by atoms with Crippen molar-refractivity contribution in [2.24, 2.45) is 9.98 Å². The van der Waals surface area contributed by atoms with Crippen molar-refractivity contribution >= 4 is 30.3 Å². The molecule has 0 spiro atoms. The largest absolute Gasteiger partial charge is 0.461 e. The van der Waals surface area contributed by atoms with Gasteiger partial charge in [0.15, 0.2) is 5.82 Å². The maximum atomic E-state index is 12.4. The molecule has 0 aliphatic carbocycles. The summed E-state index contributed by atoms with van der Waals surface area (Å²) in [4.78, 5) is 40.7. The molecule has 4 heterocycles. The number of ether oxygens (including phenoxy) is 1. The number of pyridine rings is 2. The minimum absolute atomic E-state index is 0.212. The molecule has 0 unspecified atom stereocenters. The third-order valence-electron chi connectivity index (χ3n) is 5.77. The van der Waals surface area contributed by atoms with Crippen molar-refractivity contribution in [3.63, 3.8) is 0 Å². The van der Waals surface area contributed by atoms with Crippen molar-refractivity contribution in [2.75, 3.05) is 50.0 Å². The third-order valence-corrected chi connectivity index (χ3v) is 5.77. The Labute approximate surface area is 227 Å². The molecule has 12 heteroatoms. The SMILES string of the molecule is C=N/C(=N\C(=C/C)Nc1ccnc(-c2cccc(C)n2)n1)Nc1ccc(C(=O)OCCN2CCNCC2)cn1. The van der Waals surface area contributed by atoms with Gasteiger partial charge in [-0.05, 0) is 57.0 Å². The average Bonchev–Trinajstić information content (AvgIpc) is 2.97. The molecule has 39 heavy (non-hydrogen) atoms. The van der Waals surface area contributed by atoms with E-state index in [4.69, 9.17) is 4.74 Å². The molecule has 0 radical (unpaired) electrons. The van der Waals surface area contributed by atoms with Gasteiger partial charge >= 0.3 is 5.97 Å². The van der Waals surface area contributed by atoms with Gasteiger partial charge in [0.05, 0.1) is 5.56 Å². The van der Waals surface area contributed by atoms with Gasteiger partial charge in [-0.3, -0.25) is 4.90 Å². The van der Waals surface area contributed by atoms with E-state index in [1.807, 2.05) is 32.0 Å².